The van der Waals surface area contributed by atoms with Crippen molar-refractivity contribution in [3.8, 4) is 5.75 Å². The number of hydrogen-bond acceptors (Lipinski definition) is 5. The molecule has 0 heterocycles. The van der Waals surface area contributed by atoms with Gasteiger partial charge in [-0.25, -0.2) is 4.79 Å². The predicted octanol–water partition coefficient (Wildman–Crippen LogP) is 4.50. The van der Waals surface area contributed by atoms with Crippen LogP contribution in [0.2, 0.25) is 0 Å². The molecule has 0 spiro atoms. The maximum atomic E-state index is 12.1. The molecule has 3 rings (SSSR count). The van der Waals surface area contributed by atoms with E-state index < -0.39 is 5.97 Å². The molecule has 0 radical (unpaired) electrons. The van der Waals surface area contributed by atoms with E-state index in [4.69, 9.17) is 4.74 Å². The molecule has 2 aromatic rings. The normalized spacial score (nSPS) is 15.2. The summed E-state index contributed by atoms with van der Waals surface area (Å²) in [6.45, 7) is 0. The molecule has 5 heteroatoms. The molecule has 1 aliphatic carbocycles. The Balaban J connectivity index is 1.68. The van der Waals surface area contributed by atoms with Gasteiger partial charge in [-0.15, -0.1) is 4.91 Å². The van der Waals surface area contributed by atoms with Gasteiger partial charge < -0.3 is 9.84 Å². The summed E-state index contributed by atoms with van der Waals surface area (Å²) >= 11 is 0. The number of nitrogens with zero attached hydrogens (tertiary/aromatic N) is 1. The molecule has 0 saturated heterocycles. The van der Waals surface area contributed by atoms with E-state index in [0.717, 1.165) is 18.4 Å². The van der Waals surface area contributed by atoms with E-state index in [2.05, 4.69) is 5.18 Å². The number of rotatable bonds is 6. The number of carbonyl (C=O) groups excluding carboxylic acids is 1. The van der Waals surface area contributed by atoms with Crippen molar-refractivity contribution in [3.05, 3.63) is 70.6 Å². The van der Waals surface area contributed by atoms with E-state index in [9.17, 15) is 14.8 Å². The Morgan fingerprint density at radius 3 is 2.58 bits per heavy atom. The van der Waals surface area contributed by atoms with Gasteiger partial charge in [0.05, 0.1) is 0 Å². The summed E-state index contributed by atoms with van der Waals surface area (Å²) in [4.78, 5) is 22.5. The largest absolute Gasteiger partial charge is 0.506 e. The zero-order valence-electron chi connectivity index (χ0n) is 13.0. The fraction of sp³-hybridized carbons (Fsp3) is 0.211. The van der Waals surface area contributed by atoms with Crippen LogP contribution in [-0.4, -0.2) is 11.1 Å². The molecule has 0 aliphatic heterocycles. The molecule has 5 nitrogen and oxygen atoms in total. The Morgan fingerprint density at radius 1 is 1.21 bits per heavy atom. The lowest BCUT2D eigenvalue weighted by Crippen LogP contribution is -2.11. The van der Waals surface area contributed by atoms with Crippen LogP contribution in [0, 0.1) is 10.8 Å². The van der Waals surface area contributed by atoms with E-state index in [1.165, 1.54) is 24.3 Å². The third-order valence-corrected chi connectivity index (χ3v) is 3.93. The SMILES string of the molecule is O=Nc1ccc(/C=C/C(=O)OC(c2ccccc2)C2CC2)cc1O. The Labute approximate surface area is 139 Å². The number of phenols is 1. The molecule has 1 saturated carbocycles. The summed E-state index contributed by atoms with van der Waals surface area (Å²) < 4.78 is 5.60. The number of benzene rings is 2. The van der Waals surface area contributed by atoms with Gasteiger partial charge in [0.2, 0.25) is 0 Å². The third-order valence-electron chi connectivity index (χ3n) is 3.93. The van der Waals surface area contributed by atoms with Crippen molar-refractivity contribution in [2.75, 3.05) is 0 Å². The number of hydrogen-bond donors (Lipinski definition) is 1. The lowest BCUT2D eigenvalue weighted by atomic mass is 10.1. The van der Waals surface area contributed by atoms with Crippen molar-refractivity contribution in [1.82, 2.24) is 0 Å². The van der Waals surface area contributed by atoms with Crippen molar-refractivity contribution in [2.24, 2.45) is 11.1 Å². The maximum Gasteiger partial charge on any atom is 0.331 e. The van der Waals surface area contributed by atoms with Gasteiger partial charge in [-0.05, 0) is 47.4 Å². The zero-order chi connectivity index (χ0) is 16.9. The predicted molar refractivity (Wildman–Crippen MR) is 90.6 cm³/mol. The monoisotopic (exact) mass is 323 g/mol. The lowest BCUT2D eigenvalue weighted by molar-refractivity contribution is -0.144. The smallest absolute Gasteiger partial charge is 0.331 e. The van der Waals surface area contributed by atoms with Crippen LogP contribution < -0.4 is 0 Å². The number of carbonyl (C=O) groups is 1. The van der Waals surface area contributed by atoms with Crippen molar-refractivity contribution in [3.63, 3.8) is 0 Å². The van der Waals surface area contributed by atoms with Gasteiger partial charge in [0.15, 0.2) is 0 Å². The highest BCUT2D eigenvalue weighted by Gasteiger charge is 2.34. The van der Waals surface area contributed by atoms with Crippen LogP contribution in [0.25, 0.3) is 6.08 Å². The van der Waals surface area contributed by atoms with Crippen LogP contribution in [0.5, 0.6) is 5.75 Å². The van der Waals surface area contributed by atoms with E-state index in [1.807, 2.05) is 30.3 Å². The van der Waals surface area contributed by atoms with Crippen molar-refractivity contribution in [1.29, 1.82) is 0 Å². The Kier molecular flexibility index (Phi) is 4.70. The van der Waals surface area contributed by atoms with Gasteiger partial charge >= 0.3 is 5.97 Å². The third kappa shape index (κ3) is 3.87. The molecule has 0 amide bonds. The first-order valence-electron chi connectivity index (χ1n) is 7.77. The quantitative estimate of drug-likeness (QED) is 0.482. The molecule has 0 aromatic heterocycles. The molecular formula is C19H17NO4. The summed E-state index contributed by atoms with van der Waals surface area (Å²) in [7, 11) is 0. The average molecular weight is 323 g/mol. The molecule has 1 atom stereocenters. The summed E-state index contributed by atoms with van der Waals surface area (Å²) in [5.41, 5.74) is 1.55. The van der Waals surface area contributed by atoms with E-state index in [-0.39, 0.29) is 17.5 Å². The second-order valence-electron chi connectivity index (χ2n) is 5.78. The number of aromatic hydroxyl groups is 1. The summed E-state index contributed by atoms with van der Waals surface area (Å²) in [6.07, 6.45) is 4.75. The summed E-state index contributed by atoms with van der Waals surface area (Å²) in [5.74, 6) is -0.278. The molecule has 24 heavy (non-hydrogen) atoms. The van der Waals surface area contributed by atoms with Gasteiger partial charge in [-0.1, -0.05) is 36.4 Å². The molecule has 1 aliphatic rings. The van der Waals surface area contributed by atoms with Gasteiger partial charge in [-0.2, -0.15) is 0 Å². The van der Waals surface area contributed by atoms with Gasteiger partial charge in [-0.3, -0.25) is 0 Å². The van der Waals surface area contributed by atoms with E-state index in [0.29, 0.717) is 11.5 Å². The fourth-order valence-electron chi connectivity index (χ4n) is 2.53. The molecule has 2 aromatic carbocycles. The van der Waals surface area contributed by atoms with Crippen LogP contribution in [0.4, 0.5) is 5.69 Å². The van der Waals surface area contributed by atoms with Crippen LogP contribution in [0.3, 0.4) is 0 Å². The molecule has 0 bridgehead atoms. The first-order chi connectivity index (χ1) is 11.7. The standard InChI is InChI=1S/C19H17NO4/c21-17-12-13(6-10-16(17)20-23)7-11-18(22)24-19(15-8-9-15)14-4-2-1-3-5-14/h1-7,10-12,15,19,21H,8-9H2/b11-7+. The number of esters is 1. The highest BCUT2D eigenvalue weighted by Crippen LogP contribution is 2.43. The minimum atomic E-state index is -0.437. The number of ether oxygens (including phenoxy) is 1. The fourth-order valence-corrected chi connectivity index (χ4v) is 2.53. The van der Waals surface area contributed by atoms with Crippen LogP contribution in [0.15, 0.2) is 59.8 Å². The topological polar surface area (TPSA) is 76.0 Å². The number of nitroso groups, excluding NO2 is 1. The highest BCUT2D eigenvalue weighted by atomic mass is 16.5. The maximum absolute atomic E-state index is 12.1. The second kappa shape index (κ2) is 7.08. The van der Waals surface area contributed by atoms with Gasteiger partial charge in [0.1, 0.15) is 17.5 Å². The average Bonchev–Trinajstić information content (AvgIpc) is 3.43. The Morgan fingerprint density at radius 2 is 1.96 bits per heavy atom. The molecule has 122 valence electrons. The molecule has 1 fully saturated rings. The lowest BCUT2D eigenvalue weighted by Gasteiger charge is -2.16. The van der Waals surface area contributed by atoms with Crippen molar-refractivity contribution in [2.45, 2.75) is 18.9 Å². The number of phenolic OH excluding ortho intramolecular Hbond substituents is 1. The summed E-state index contributed by atoms with van der Waals surface area (Å²) in [6, 6.07) is 14.1. The molecule has 1 unspecified atom stereocenters. The van der Waals surface area contributed by atoms with Crippen LogP contribution in [-0.2, 0) is 9.53 Å². The minimum absolute atomic E-state index is 0.0346. The molecular weight excluding hydrogens is 306 g/mol. The van der Waals surface area contributed by atoms with Gasteiger partial charge in [0, 0.05) is 12.0 Å². The Bertz CT molecular complexity index is 766. The first kappa shape index (κ1) is 15.9. The first-order valence-corrected chi connectivity index (χ1v) is 7.77. The molecule has 1 N–H and O–H groups in total. The Hall–Kier alpha value is -2.95. The minimum Gasteiger partial charge on any atom is -0.506 e. The van der Waals surface area contributed by atoms with Crippen molar-refractivity contribution < 1.29 is 14.6 Å². The highest BCUT2D eigenvalue weighted by molar-refractivity contribution is 5.87. The second-order valence-corrected chi connectivity index (χ2v) is 5.78. The van der Waals surface area contributed by atoms with E-state index in [1.54, 1.807) is 6.07 Å². The van der Waals surface area contributed by atoms with Crippen LogP contribution in [0.1, 0.15) is 30.1 Å². The van der Waals surface area contributed by atoms with E-state index >= 15 is 0 Å². The summed E-state index contributed by atoms with van der Waals surface area (Å²) in [5, 5.41) is 12.3. The van der Waals surface area contributed by atoms with Crippen molar-refractivity contribution >= 4 is 17.7 Å². The zero-order valence-corrected chi connectivity index (χ0v) is 13.0. The van der Waals surface area contributed by atoms with Gasteiger partial charge in [0.25, 0.3) is 0 Å². The van der Waals surface area contributed by atoms with Crippen LogP contribution >= 0.6 is 0 Å².